The van der Waals surface area contributed by atoms with Crippen LogP contribution in [0.3, 0.4) is 0 Å². The van der Waals surface area contributed by atoms with Crippen molar-refractivity contribution in [3.05, 3.63) is 11.0 Å². The molecular weight excluding hydrogens is 282 g/mol. The zero-order valence-electron chi connectivity index (χ0n) is 11.8. The van der Waals surface area contributed by atoms with Gasteiger partial charge in [0.05, 0.1) is 0 Å². The van der Waals surface area contributed by atoms with Crippen molar-refractivity contribution in [2.24, 2.45) is 0 Å². The van der Waals surface area contributed by atoms with Crippen molar-refractivity contribution in [1.82, 2.24) is 4.90 Å². The normalized spacial score (nSPS) is 29.2. The summed E-state index contributed by atoms with van der Waals surface area (Å²) in [5.74, 6) is -0.891. The molecule has 0 aliphatic carbocycles. The molecule has 2 aliphatic rings. The summed E-state index contributed by atoms with van der Waals surface area (Å²) in [6.07, 6.45) is 0.0139. The molecule has 2 rings (SSSR count). The van der Waals surface area contributed by atoms with Gasteiger partial charge in [0, 0.05) is 12.7 Å². The molecule has 0 N–H and O–H groups in total. The van der Waals surface area contributed by atoms with Crippen molar-refractivity contribution in [2.45, 2.75) is 43.9 Å². The van der Waals surface area contributed by atoms with Crippen LogP contribution in [0.15, 0.2) is 11.0 Å². The summed E-state index contributed by atoms with van der Waals surface area (Å²) in [6.45, 7) is 5.21. The molecule has 3 atom stereocenters. The maximum Gasteiger partial charge on any atom is 0.334 e. The number of amides is 1. The van der Waals surface area contributed by atoms with E-state index in [1.54, 1.807) is 26.2 Å². The summed E-state index contributed by atoms with van der Waals surface area (Å²) in [7, 11) is 1.45. The summed E-state index contributed by atoms with van der Waals surface area (Å²) < 4.78 is 10.4. The van der Waals surface area contributed by atoms with Gasteiger partial charge in [-0.1, -0.05) is 0 Å². The van der Waals surface area contributed by atoms with Crippen LogP contribution in [0.2, 0.25) is 0 Å². The zero-order chi connectivity index (χ0) is 15.1. The van der Waals surface area contributed by atoms with Gasteiger partial charge >= 0.3 is 5.97 Å². The van der Waals surface area contributed by atoms with E-state index < -0.39 is 23.7 Å². The van der Waals surface area contributed by atoms with E-state index in [9.17, 15) is 14.4 Å². The van der Waals surface area contributed by atoms with Crippen molar-refractivity contribution in [3.8, 4) is 0 Å². The van der Waals surface area contributed by atoms with Gasteiger partial charge in [-0.05, 0) is 26.2 Å². The topological polar surface area (TPSA) is 72.9 Å². The molecule has 1 saturated heterocycles. The predicted octanol–water partition coefficient (Wildman–Crippen LogP) is 0.710. The third-order valence-corrected chi connectivity index (χ3v) is 4.15. The van der Waals surface area contributed by atoms with Crippen LogP contribution in [0.1, 0.15) is 20.8 Å². The predicted molar refractivity (Wildman–Crippen MR) is 72.8 cm³/mol. The second-order valence-electron chi connectivity index (χ2n) is 5.60. The average molecular weight is 299 g/mol. The van der Waals surface area contributed by atoms with E-state index >= 15 is 0 Å². The Morgan fingerprint density at radius 1 is 1.45 bits per heavy atom. The van der Waals surface area contributed by atoms with Crippen LogP contribution in [0.5, 0.6) is 0 Å². The Kier molecular flexibility index (Phi) is 3.93. The number of carbonyl (C=O) groups is 3. The lowest BCUT2D eigenvalue weighted by molar-refractivity contribution is -0.178. The first-order chi connectivity index (χ1) is 9.30. The molecule has 0 bridgehead atoms. The minimum Gasteiger partial charge on any atom is -0.458 e. The molecule has 0 spiro atoms. The number of aldehydes is 1. The second-order valence-corrected chi connectivity index (χ2v) is 6.59. The Bertz CT molecular complexity index is 482. The Hall–Kier alpha value is -1.34. The lowest BCUT2D eigenvalue weighted by atomic mass is 10.00. The molecule has 0 aromatic heterocycles. The lowest BCUT2D eigenvalue weighted by Gasteiger charge is -2.50. The van der Waals surface area contributed by atoms with Gasteiger partial charge < -0.3 is 14.4 Å². The van der Waals surface area contributed by atoms with E-state index in [0.717, 1.165) is 0 Å². The molecule has 7 heteroatoms. The fourth-order valence-corrected chi connectivity index (χ4v) is 3.37. The van der Waals surface area contributed by atoms with Gasteiger partial charge in [-0.25, -0.2) is 4.79 Å². The molecule has 110 valence electrons. The average Bonchev–Trinajstić information content (AvgIpc) is 2.35. The smallest absolute Gasteiger partial charge is 0.334 e. The monoisotopic (exact) mass is 299 g/mol. The number of esters is 1. The number of thioether (sulfide) groups is 1. The summed E-state index contributed by atoms with van der Waals surface area (Å²) in [5, 5.41) is 1.31. The Labute approximate surface area is 121 Å². The highest BCUT2D eigenvalue weighted by Gasteiger charge is 2.56. The SMILES string of the molecule is CO[C@@H]1C(=O)N2C(C(=O)OC(C)(C)C)C(C=O)=CSC12. The van der Waals surface area contributed by atoms with Crippen LogP contribution >= 0.6 is 11.8 Å². The molecular formula is C13H17NO5S. The van der Waals surface area contributed by atoms with Gasteiger partial charge in [-0.2, -0.15) is 0 Å². The number of ether oxygens (including phenoxy) is 2. The molecule has 0 aromatic carbocycles. The van der Waals surface area contributed by atoms with Gasteiger partial charge in [0.1, 0.15) is 17.3 Å². The van der Waals surface area contributed by atoms with Crippen molar-refractivity contribution in [1.29, 1.82) is 0 Å². The number of hydrogen-bond donors (Lipinski definition) is 0. The molecule has 20 heavy (non-hydrogen) atoms. The van der Waals surface area contributed by atoms with Crippen LogP contribution < -0.4 is 0 Å². The quantitative estimate of drug-likeness (QED) is 0.434. The van der Waals surface area contributed by atoms with Gasteiger partial charge in [0.2, 0.25) is 0 Å². The third kappa shape index (κ3) is 2.47. The molecule has 2 heterocycles. The number of carbonyl (C=O) groups excluding carboxylic acids is 3. The molecule has 1 fully saturated rings. The van der Waals surface area contributed by atoms with Crippen LogP contribution in [0.4, 0.5) is 0 Å². The third-order valence-electron chi connectivity index (χ3n) is 2.99. The van der Waals surface area contributed by atoms with E-state index in [1.807, 2.05) is 0 Å². The summed E-state index contributed by atoms with van der Waals surface area (Å²) in [5.41, 5.74) is -0.442. The maximum atomic E-state index is 12.2. The van der Waals surface area contributed by atoms with Crippen LogP contribution in [0, 0.1) is 0 Å². The summed E-state index contributed by atoms with van der Waals surface area (Å²) >= 11 is 1.30. The molecule has 0 saturated carbocycles. The first-order valence-electron chi connectivity index (χ1n) is 6.18. The van der Waals surface area contributed by atoms with Crippen LogP contribution in [-0.2, 0) is 23.9 Å². The van der Waals surface area contributed by atoms with E-state index in [4.69, 9.17) is 9.47 Å². The van der Waals surface area contributed by atoms with Crippen molar-refractivity contribution in [2.75, 3.05) is 7.11 Å². The van der Waals surface area contributed by atoms with Crippen LogP contribution in [0.25, 0.3) is 0 Å². The number of methoxy groups -OCH3 is 1. The molecule has 2 unspecified atom stereocenters. The van der Waals surface area contributed by atoms with Gasteiger partial charge in [-0.3, -0.25) is 9.59 Å². The highest BCUT2D eigenvalue weighted by atomic mass is 32.2. The van der Waals surface area contributed by atoms with E-state index in [-0.39, 0.29) is 16.9 Å². The standard InChI is InChI=1S/C13H17NO5S/c1-13(2,3)19-12(17)8-7(5-15)6-20-11-9(18-4)10(16)14(8)11/h5-6,8-9,11H,1-4H3/t8?,9-,11?/m1/s1. The summed E-state index contributed by atoms with van der Waals surface area (Å²) in [4.78, 5) is 36.7. The Morgan fingerprint density at radius 2 is 2.10 bits per heavy atom. The molecule has 6 nitrogen and oxygen atoms in total. The van der Waals surface area contributed by atoms with Gasteiger partial charge in [0.25, 0.3) is 5.91 Å². The largest absolute Gasteiger partial charge is 0.458 e. The number of nitrogens with zero attached hydrogens (tertiary/aromatic N) is 1. The van der Waals surface area contributed by atoms with E-state index in [1.165, 1.54) is 23.8 Å². The number of hydrogen-bond acceptors (Lipinski definition) is 6. The summed E-state index contributed by atoms with van der Waals surface area (Å²) in [6, 6.07) is -0.975. The Morgan fingerprint density at radius 3 is 2.60 bits per heavy atom. The number of fused-ring (bicyclic) bond motifs is 1. The molecule has 0 radical (unpaired) electrons. The van der Waals surface area contributed by atoms with Crippen molar-refractivity contribution < 1.29 is 23.9 Å². The second kappa shape index (κ2) is 5.21. The highest BCUT2D eigenvalue weighted by molar-refractivity contribution is 8.03. The maximum absolute atomic E-state index is 12.2. The zero-order valence-corrected chi connectivity index (χ0v) is 12.6. The number of rotatable bonds is 3. The van der Waals surface area contributed by atoms with Gasteiger partial charge in [0.15, 0.2) is 12.1 Å². The minimum absolute atomic E-state index is 0.239. The van der Waals surface area contributed by atoms with E-state index in [2.05, 4.69) is 0 Å². The fraction of sp³-hybridized carbons (Fsp3) is 0.615. The first kappa shape index (κ1) is 15.1. The fourth-order valence-electron chi connectivity index (χ4n) is 2.16. The lowest BCUT2D eigenvalue weighted by Crippen LogP contribution is -2.70. The number of β-lactam (4-membered cyclic amide) rings is 1. The first-order valence-corrected chi connectivity index (χ1v) is 7.13. The van der Waals surface area contributed by atoms with E-state index in [0.29, 0.717) is 6.29 Å². The van der Waals surface area contributed by atoms with Crippen molar-refractivity contribution >= 4 is 29.9 Å². The Balaban J connectivity index is 2.26. The van der Waals surface area contributed by atoms with Crippen molar-refractivity contribution in [3.63, 3.8) is 0 Å². The van der Waals surface area contributed by atoms with Crippen LogP contribution in [-0.4, -0.2) is 53.3 Å². The highest BCUT2D eigenvalue weighted by Crippen LogP contribution is 2.41. The molecule has 1 amide bonds. The van der Waals surface area contributed by atoms with Gasteiger partial charge in [-0.15, -0.1) is 11.8 Å². The molecule has 0 aromatic rings. The molecule has 2 aliphatic heterocycles. The minimum atomic E-state index is -0.975.